The highest BCUT2D eigenvalue weighted by atomic mass is 16.6. The van der Waals surface area contributed by atoms with Crippen molar-refractivity contribution in [2.45, 2.75) is 58.1 Å². The Bertz CT molecular complexity index is 1350. The molecule has 0 aliphatic heterocycles. The zero-order valence-electron chi connectivity index (χ0n) is 21.3. The Morgan fingerprint density at radius 1 is 0.917 bits per heavy atom. The van der Waals surface area contributed by atoms with Crippen molar-refractivity contribution in [1.29, 1.82) is 0 Å². The van der Waals surface area contributed by atoms with E-state index in [1.165, 1.54) is 0 Å². The number of benzene rings is 1. The van der Waals surface area contributed by atoms with E-state index in [0.29, 0.717) is 5.82 Å². The molecular formula is C28H32N6O2. The third kappa shape index (κ3) is 5.37. The number of aryl methyl sites for hydroxylation is 1. The number of hydrogen-bond donors (Lipinski definition) is 0. The molecule has 2 unspecified atom stereocenters. The second-order valence-corrected chi connectivity index (χ2v) is 10.5. The molecule has 1 aliphatic carbocycles. The Balaban J connectivity index is 1.29. The van der Waals surface area contributed by atoms with Crippen molar-refractivity contribution in [3.05, 3.63) is 61.4 Å². The molecule has 0 radical (unpaired) electrons. The van der Waals surface area contributed by atoms with E-state index >= 15 is 0 Å². The van der Waals surface area contributed by atoms with Gasteiger partial charge in [0.25, 0.3) is 0 Å². The van der Waals surface area contributed by atoms with Crippen LogP contribution in [0.3, 0.4) is 0 Å². The minimum atomic E-state index is -0.463. The molecule has 4 aromatic rings. The van der Waals surface area contributed by atoms with Gasteiger partial charge in [0.15, 0.2) is 5.82 Å². The summed E-state index contributed by atoms with van der Waals surface area (Å²) in [6, 6.07) is 8.33. The van der Waals surface area contributed by atoms with Gasteiger partial charge >= 0.3 is 5.97 Å². The number of hydrogen-bond acceptors (Lipinski definition) is 6. The minimum absolute atomic E-state index is 0.0827. The largest absolute Gasteiger partial charge is 0.460 e. The van der Waals surface area contributed by atoms with E-state index in [-0.39, 0.29) is 17.9 Å². The van der Waals surface area contributed by atoms with Crippen LogP contribution in [0.2, 0.25) is 0 Å². The fraction of sp³-hybridized carbons (Fsp3) is 0.393. The maximum Gasteiger partial charge on any atom is 0.309 e. The maximum atomic E-state index is 12.6. The highest BCUT2D eigenvalue weighted by molar-refractivity contribution is 5.73. The van der Waals surface area contributed by atoms with E-state index < -0.39 is 5.60 Å². The summed E-state index contributed by atoms with van der Waals surface area (Å²) in [5.74, 6) is 0.487. The highest BCUT2D eigenvalue weighted by Gasteiger charge is 2.31. The van der Waals surface area contributed by atoms with Crippen molar-refractivity contribution in [2.75, 3.05) is 0 Å². The predicted molar refractivity (Wildman–Crippen MR) is 138 cm³/mol. The number of carbonyl (C=O) groups is 1. The third-order valence-corrected chi connectivity index (χ3v) is 6.51. The van der Waals surface area contributed by atoms with Gasteiger partial charge in [0, 0.05) is 54.1 Å². The lowest BCUT2D eigenvalue weighted by Crippen LogP contribution is -2.32. The van der Waals surface area contributed by atoms with Gasteiger partial charge in [-0.2, -0.15) is 10.2 Å². The molecule has 36 heavy (non-hydrogen) atoms. The summed E-state index contributed by atoms with van der Waals surface area (Å²) in [6.45, 7) is 5.74. The summed E-state index contributed by atoms with van der Waals surface area (Å²) < 4.78 is 9.40. The Morgan fingerprint density at radius 3 is 2.36 bits per heavy atom. The van der Waals surface area contributed by atoms with Crippen LogP contribution in [0, 0.1) is 5.92 Å². The fourth-order valence-corrected chi connectivity index (χ4v) is 4.72. The second kappa shape index (κ2) is 9.68. The average Bonchev–Trinajstić information content (AvgIpc) is 3.53. The van der Waals surface area contributed by atoms with Crippen molar-refractivity contribution in [2.24, 2.45) is 13.0 Å². The van der Waals surface area contributed by atoms with Gasteiger partial charge in [-0.15, -0.1) is 0 Å². The van der Waals surface area contributed by atoms with Gasteiger partial charge in [-0.25, -0.2) is 9.97 Å². The molecule has 8 heteroatoms. The van der Waals surface area contributed by atoms with E-state index in [1.807, 2.05) is 81.8 Å². The number of ether oxygens (including phenoxy) is 1. The van der Waals surface area contributed by atoms with E-state index in [2.05, 4.69) is 32.3 Å². The minimum Gasteiger partial charge on any atom is -0.460 e. The van der Waals surface area contributed by atoms with Crippen molar-refractivity contribution >= 4 is 5.97 Å². The first kappa shape index (κ1) is 23.9. The van der Waals surface area contributed by atoms with E-state index in [0.717, 1.165) is 53.5 Å². The van der Waals surface area contributed by atoms with Gasteiger partial charge in [-0.3, -0.25) is 14.2 Å². The summed E-state index contributed by atoms with van der Waals surface area (Å²) in [6.07, 6.45) is 15.0. The molecule has 3 aromatic heterocycles. The molecule has 0 amide bonds. The van der Waals surface area contributed by atoms with Crippen molar-refractivity contribution in [3.8, 4) is 33.6 Å². The average molecular weight is 485 g/mol. The molecule has 0 spiro atoms. The zero-order valence-corrected chi connectivity index (χ0v) is 21.3. The van der Waals surface area contributed by atoms with Gasteiger partial charge in [0.1, 0.15) is 5.60 Å². The lowest BCUT2D eigenvalue weighted by Gasteiger charge is -2.30. The van der Waals surface area contributed by atoms with Crippen molar-refractivity contribution < 1.29 is 9.53 Å². The normalized spacial score (nSPS) is 18.2. The van der Waals surface area contributed by atoms with Crippen molar-refractivity contribution in [1.82, 2.24) is 29.5 Å². The number of esters is 1. The second-order valence-electron chi connectivity index (χ2n) is 10.5. The number of nitrogens with zero attached hydrogens (tertiary/aromatic N) is 6. The molecule has 1 aliphatic rings. The van der Waals surface area contributed by atoms with Gasteiger partial charge in [-0.05, 0) is 51.7 Å². The summed E-state index contributed by atoms with van der Waals surface area (Å²) in [5.41, 5.74) is 4.49. The van der Waals surface area contributed by atoms with Gasteiger partial charge in [0.05, 0.1) is 24.4 Å². The van der Waals surface area contributed by atoms with Crippen LogP contribution in [0.4, 0.5) is 0 Å². The van der Waals surface area contributed by atoms with Gasteiger partial charge < -0.3 is 4.74 Å². The zero-order chi connectivity index (χ0) is 25.3. The summed E-state index contributed by atoms with van der Waals surface area (Å²) in [7, 11) is 1.91. The molecular weight excluding hydrogens is 452 g/mol. The molecule has 1 aromatic carbocycles. The van der Waals surface area contributed by atoms with Crippen LogP contribution in [0.5, 0.6) is 0 Å². The third-order valence-electron chi connectivity index (χ3n) is 6.51. The van der Waals surface area contributed by atoms with Crippen LogP contribution in [0.1, 0.15) is 52.5 Å². The smallest absolute Gasteiger partial charge is 0.309 e. The van der Waals surface area contributed by atoms with E-state index in [9.17, 15) is 4.79 Å². The molecule has 0 N–H and O–H groups in total. The molecule has 1 saturated carbocycles. The molecule has 186 valence electrons. The Kier molecular flexibility index (Phi) is 6.43. The topological polar surface area (TPSA) is 87.7 Å². The summed E-state index contributed by atoms with van der Waals surface area (Å²) >= 11 is 0. The Labute approximate surface area is 211 Å². The first-order valence-corrected chi connectivity index (χ1v) is 12.4. The Hall–Kier alpha value is -3.81. The maximum absolute atomic E-state index is 12.6. The lowest BCUT2D eigenvalue weighted by molar-refractivity contribution is -0.161. The van der Waals surface area contributed by atoms with Crippen LogP contribution >= 0.6 is 0 Å². The summed E-state index contributed by atoms with van der Waals surface area (Å²) in [5, 5.41) is 8.87. The number of rotatable bonds is 5. The van der Waals surface area contributed by atoms with Crippen LogP contribution in [-0.4, -0.2) is 41.1 Å². The first-order valence-electron chi connectivity index (χ1n) is 12.4. The lowest BCUT2D eigenvalue weighted by atomic mass is 9.85. The van der Waals surface area contributed by atoms with E-state index in [4.69, 9.17) is 4.74 Å². The molecule has 1 fully saturated rings. The monoisotopic (exact) mass is 484 g/mol. The van der Waals surface area contributed by atoms with Crippen LogP contribution < -0.4 is 0 Å². The fourth-order valence-electron chi connectivity index (χ4n) is 4.72. The Morgan fingerprint density at radius 2 is 1.64 bits per heavy atom. The predicted octanol–water partition coefficient (Wildman–Crippen LogP) is 5.48. The first-order chi connectivity index (χ1) is 17.2. The van der Waals surface area contributed by atoms with Crippen LogP contribution in [0.15, 0.2) is 61.4 Å². The molecule has 2 atom stereocenters. The highest BCUT2D eigenvalue weighted by Crippen LogP contribution is 2.34. The molecule has 0 saturated heterocycles. The van der Waals surface area contributed by atoms with Crippen molar-refractivity contribution in [3.63, 3.8) is 0 Å². The SMILES string of the molecule is Cn1cc(-c2cccc(-c3ncc(-c4cnn(C5CCCC(C(=O)OC(C)(C)C)C5)c4)cn3)c2)cn1. The summed E-state index contributed by atoms with van der Waals surface area (Å²) in [4.78, 5) is 21.8. The van der Waals surface area contributed by atoms with Gasteiger partial charge in [0.2, 0.25) is 0 Å². The van der Waals surface area contributed by atoms with Crippen LogP contribution in [0.25, 0.3) is 33.6 Å². The molecule has 8 nitrogen and oxygen atoms in total. The molecule has 5 rings (SSSR count). The van der Waals surface area contributed by atoms with Gasteiger partial charge in [-0.1, -0.05) is 24.6 Å². The molecule has 3 heterocycles. The van der Waals surface area contributed by atoms with E-state index in [1.54, 1.807) is 4.68 Å². The number of carbonyl (C=O) groups excluding carboxylic acids is 1. The van der Waals surface area contributed by atoms with Crippen LogP contribution in [-0.2, 0) is 16.6 Å². The standard InChI is InChI=1S/C28H32N6O2/c1-28(2,3)36-27(35)21-9-6-10-25(12-21)34-18-24(16-32-34)22-13-29-26(30-14-22)20-8-5-7-19(11-20)23-15-31-33(4)17-23/h5,7-8,11,13-18,21,25H,6,9-10,12H2,1-4H3. The quantitative estimate of drug-likeness (QED) is 0.349. The number of aromatic nitrogens is 6. The molecule has 0 bridgehead atoms.